The number of aliphatic hydroxyl groups is 6. The fourth-order valence-corrected chi connectivity index (χ4v) is 5.02. The van der Waals surface area contributed by atoms with Gasteiger partial charge < -0.3 is 64.3 Å². The molecule has 43 heavy (non-hydrogen) atoms. The Labute approximate surface area is 247 Å². The molecule has 0 spiro atoms. The van der Waals surface area contributed by atoms with Crippen molar-refractivity contribution in [2.75, 3.05) is 33.4 Å². The minimum absolute atomic E-state index is 0.0405. The molecule has 240 valence electrons. The second kappa shape index (κ2) is 14.2. The molecular weight excluding hydrogens is 574 g/mol. The van der Waals surface area contributed by atoms with E-state index in [0.717, 1.165) is 13.4 Å². The number of carboxylic acids is 1. The number of esters is 1. The first-order valence-corrected chi connectivity index (χ1v) is 13.5. The number of aliphatic hydroxyl groups excluding tert-OH is 3. The van der Waals surface area contributed by atoms with E-state index in [-0.39, 0.29) is 30.8 Å². The first-order valence-electron chi connectivity index (χ1n) is 13.5. The summed E-state index contributed by atoms with van der Waals surface area (Å²) in [5, 5.41) is 72.3. The SMILES string of the molecule is C=C[C@H]1[C@H](O[C@@H]2O[C@H](CO)[C@@H](O)C(O)(O)[C@H]2OC(C)C)OC=C(C(=O)OC)[C@@]1(O)/C=C\C1=CC(C(=O)O)=C[NH+](CCO)C1. The maximum Gasteiger partial charge on any atom is 0.341 e. The van der Waals surface area contributed by atoms with Crippen molar-refractivity contribution in [3.63, 3.8) is 0 Å². The molecule has 0 aromatic rings. The molecule has 3 aliphatic heterocycles. The molecule has 8 atom stereocenters. The normalized spacial score (nSPS) is 34.2. The highest BCUT2D eigenvalue weighted by Crippen LogP contribution is 2.40. The van der Waals surface area contributed by atoms with Gasteiger partial charge in [0.25, 0.3) is 0 Å². The maximum absolute atomic E-state index is 12.7. The minimum Gasteiger partial charge on any atom is -0.477 e. The molecule has 1 unspecified atom stereocenters. The van der Waals surface area contributed by atoms with Crippen molar-refractivity contribution in [3.05, 3.63) is 60.1 Å². The molecule has 15 nitrogen and oxygen atoms in total. The summed E-state index contributed by atoms with van der Waals surface area (Å²) in [6.45, 7) is 6.36. The zero-order valence-corrected chi connectivity index (χ0v) is 24.0. The van der Waals surface area contributed by atoms with Crippen LogP contribution in [0.3, 0.4) is 0 Å². The van der Waals surface area contributed by atoms with Gasteiger partial charge in [-0.1, -0.05) is 12.2 Å². The zero-order chi connectivity index (χ0) is 32.1. The van der Waals surface area contributed by atoms with Crippen LogP contribution in [0.5, 0.6) is 0 Å². The minimum atomic E-state index is -2.94. The summed E-state index contributed by atoms with van der Waals surface area (Å²) in [5.74, 6) is -6.39. The Morgan fingerprint density at radius 2 is 1.93 bits per heavy atom. The van der Waals surface area contributed by atoms with Crippen LogP contribution in [0.25, 0.3) is 0 Å². The summed E-state index contributed by atoms with van der Waals surface area (Å²) in [5.41, 5.74) is -2.18. The summed E-state index contributed by atoms with van der Waals surface area (Å²) in [6.07, 6.45) is -1.41. The third kappa shape index (κ3) is 7.41. The van der Waals surface area contributed by atoms with Crippen molar-refractivity contribution in [1.29, 1.82) is 0 Å². The predicted octanol–water partition coefficient (Wildman–Crippen LogP) is -3.16. The van der Waals surface area contributed by atoms with Crippen LogP contribution < -0.4 is 4.90 Å². The molecule has 3 rings (SSSR count). The van der Waals surface area contributed by atoms with Crippen molar-refractivity contribution < 1.29 is 73.9 Å². The Bertz CT molecular complexity index is 1160. The van der Waals surface area contributed by atoms with E-state index in [2.05, 4.69) is 6.58 Å². The van der Waals surface area contributed by atoms with Crippen LogP contribution in [0.15, 0.2) is 60.1 Å². The molecular formula is C28H40NO14+. The van der Waals surface area contributed by atoms with Crippen LogP contribution in [0.4, 0.5) is 0 Å². The highest BCUT2D eigenvalue weighted by molar-refractivity contribution is 5.91. The van der Waals surface area contributed by atoms with Gasteiger partial charge in [-0.25, -0.2) is 9.59 Å². The van der Waals surface area contributed by atoms with E-state index in [9.17, 15) is 45.3 Å². The van der Waals surface area contributed by atoms with Crippen LogP contribution in [0.1, 0.15) is 13.8 Å². The molecule has 0 aromatic carbocycles. The number of quaternary nitrogens is 1. The lowest BCUT2D eigenvalue weighted by Gasteiger charge is -2.48. The molecule has 0 aromatic heterocycles. The second-order valence-corrected chi connectivity index (χ2v) is 10.6. The summed E-state index contributed by atoms with van der Waals surface area (Å²) in [6, 6.07) is 0. The van der Waals surface area contributed by atoms with E-state index < -0.39 is 72.8 Å². The first kappa shape index (κ1) is 34.5. The van der Waals surface area contributed by atoms with E-state index >= 15 is 0 Å². The van der Waals surface area contributed by atoms with Crippen LogP contribution in [0.2, 0.25) is 0 Å². The summed E-state index contributed by atoms with van der Waals surface area (Å²) in [4.78, 5) is 25.0. The number of nitrogens with one attached hydrogen (secondary N) is 1. The lowest BCUT2D eigenvalue weighted by Crippen LogP contribution is -3.08. The fourth-order valence-electron chi connectivity index (χ4n) is 5.02. The largest absolute Gasteiger partial charge is 0.477 e. The number of hydrogen-bond donors (Lipinski definition) is 8. The van der Waals surface area contributed by atoms with Gasteiger partial charge in [0.2, 0.25) is 12.1 Å². The van der Waals surface area contributed by atoms with Gasteiger partial charge in [0.15, 0.2) is 12.4 Å². The Hall–Kier alpha value is -2.96. The predicted molar refractivity (Wildman–Crippen MR) is 144 cm³/mol. The Morgan fingerprint density at radius 3 is 2.49 bits per heavy atom. The van der Waals surface area contributed by atoms with Crippen molar-refractivity contribution in [2.45, 2.75) is 62.2 Å². The average Bonchev–Trinajstić information content (AvgIpc) is 2.95. The lowest BCUT2D eigenvalue weighted by atomic mass is 9.78. The van der Waals surface area contributed by atoms with Gasteiger partial charge in [-0.2, -0.15) is 0 Å². The number of carbonyl (C=O) groups is 2. The van der Waals surface area contributed by atoms with Crippen LogP contribution in [0, 0.1) is 5.92 Å². The third-order valence-electron chi connectivity index (χ3n) is 7.20. The Balaban J connectivity index is 2.01. The Morgan fingerprint density at radius 1 is 1.23 bits per heavy atom. The van der Waals surface area contributed by atoms with Gasteiger partial charge in [-0.3, -0.25) is 0 Å². The molecule has 3 aliphatic rings. The van der Waals surface area contributed by atoms with Gasteiger partial charge in [0.05, 0.1) is 32.3 Å². The van der Waals surface area contributed by atoms with Gasteiger partial charge in [0, 0.05) is 5.57 Å². The fraction of sp³-hybridized carbons (Fsp3) is 0.571. The number of hydrogen-bond acceptors (Lipinski definition) is 13. The van der Waals surface area contributed by atoms with E-state index in [0.29, 0.717) is 10.5 Å². The van der Waals surface area contributed by atoms with Crippen LogP contribution in [-0.2, 0) is 33.3 Å². The van der Waals surface area contributed by atoms with Gasteiger partial charge in [0.1, 0.15) is 54.5 Å². The highest BCUT2D eigenvalue weighted by atomic mass is 16.8. The number of ether oxygens (including phenoxy) is 5. The quantitative estimate of drug-likeness (QED) is 0.0617. The molecule has 0 saturated carbocycles. The number of carboxylic acid groups (broad SMARTS) is 1. The molecule has 0 amide bonds. The summed E-state index contributed by atoms with van der Waals surface area (Å²) < 4.78 is 27.5. The van der Waals surface area contributed by atoms with E-state index in [4.69, 9.17) is 23.7 Å². The van der Waals surface area contributed by atoms with Gasteiger partial charge in [-0.05, 0) is 26.0 Å². The first-order chi connectivity index (χ1) is 20.2. The van der Waals surface area contributed by atoms with Crippen molar-refractivity contribution in [3.8, 4) is 0 Å². The van der Waals surface area contributed by atoms with Crippen LogP contribution in [-0.4, -0.2) is 129 Å². The Kier molecular flexibility index (Phi) is 11.4. The van der Waals surface area contributed by atoms with Crippen molar-refractivity contribution in [2.24, 2.45) is 5.92 Å². The van der Waals surface area contributed by atoms with Crippen molar-refractivity contribution >= 4 is 11.9 Å². The standard InChI is InChI=1S/C28H39NO14/c1-5-18-25(43-26-22(41-15(2)3)28(37,38)21(32)20(13-31)42-26)40-14-19(24(35)39-4)27(18,36)7-6-16-10-17(23(33)34)12-29(11-16)8-9-30/h5-7,10,12,14-15,18,20-22,25-26,30-32,36-38H,1,8-9,11,13H2,2-4H3,(H,33,34)/p+1/b7-6-/t18-,20+,21+,22-,25-,26-,27+/m0/s1. The number of methoxy groups -OCH3 is 1. The zero-order valence-electron chi connectivity index (χ0n) is 24.0. The smallest absolute Gasteiger partial charge is 0.341 e. The number of aliphatic carboxylic acids is 1. The lowest BCUT2D eigenvalue weighted by molar-refractivity contribution is -0.842. The molecule has 0 radical (unpaired) electrons. The van der Waals surface area contributed by atoms with Gasteiger partial charge >= 0.3 is 11.9 Å². The number of carbonyl (C=O) groups excluding carboxylic acids is 1. The molecule has 15 heteroatoms. The summed E-state index contributed by atoms with van der Waals surface area (Å²) in [7, 11) is 1.09. The van der Waals surface area contributed by atoms with Crippen LogP contribution >= 0.6 is 0 Å². The molecule has 0 aliphatic carbocycles. The van der Waals surface area contributed by atoms with E-state index in [1.54, 1.807) is 13.8 Å². The molecule has 3 heterocycles. The molecule has 0 bridgehead atoms. The maximum atomic E-state index is 12.7. The second-order valence-electron chi connectivity index (χ2n) is 10.6. The average molecular weight is 615 g/mol. The molecule has 1 fully saturated rings. The van der Waals surface area contributed by atoms with E-state index in [1.165, 1.54) is 30.5 Å². The summed E-state index contributed by atoms with van der Waals surface area (Å²) >= 11 is 0. The van der Waals surface area contributed by atoms with Gasteiger partial charge in [-0.15, -0.1) is 6.58 Å². The molecule has 8 N–H and O–H groups in total. The highest BCUT2D eigenvalue weighted by Gasteiger charge is 2.58. The monoisotopic (exact) mass is 614 g/mol. The topological polar surface area (TPSA) is 226 Å². The van der Waals surface area contributed by atoms with Crippen molar-refractivity contribution in [1.82, 2.24) is 0 Å². The third-order valence-corrected chi connectivity index (χ3v) is 7.20. The van der Waals surface area contributed by atoms with E-state index in [1.807, 2.05) is 0 Å². The number of rotatable bonds is 12. The molecule has 1 saturated heterocycles.